The van der Waals surface area contributed by atoms with Crippen molar-refractivity contribution in [3.05, 3.63) is 52.4 Å². The Morgan fingerprint density at radius 2 is 1.81 bits per heavy atom. The van der Waals surface area contributed by atoms with Crippen LogP contribution < -0.4 is 5.32 Å². The zero-order valence-electron chi connectivity index (χ0n) is 16.2. The Morgan fingerprint density at radius 1 is 1.15 bits per heavy atom. The molecule has 0 bridgehead atoms. The van der Waals surface area contributed by atoms with Gasteiger partial charge in [0.2, 0.25) is 5.91 Å². The van der Waals surface area contributed by atoms with E-state index in [9.17, 15) is 4.79 Å². The number of thioether (sulfide) groups is 1. The van der Waals surface area contributed by atoms with E-state index in [0.717, 1.165) is 48.0 Å². The minimum absolute atomic E-state index is 0.0500. The van der Waals surface area contributed by atoms with Crippen LogP contribution in [0.25, 0.3) is 0 Å². The molecule has 0 spiro atoms. The van der Waals surface area contributed by atoms with Gasteiger partial charge in [-0.15, -0.1) is 11.8 Å². The van der Waals surface area contributed by atoms with Gasteiger partial charge in [-0.2, -0.15) is 0 Å². The van der Waals surface area contributed by atoms with Crippen molar-refractivity contribution in [1.29, 1.82) is 0 Å². The first-order valence-electron chi connectivity index (χ1n) is 9.09. The summed E-state index contributed by atoms with van der Waals surface area (Å²) in [6.07, 6.45) is 0. The molecule has 2 aromatic rings. The number of hydrogen-bond acceptors (Lipinski definition) is 5. The lowest BCUT2D eigenvalue weighted by Gasteiger charge is -2.18. The molecule has 0 saturated heterocycles. The lowest BCUT2D eigenvalue weighted by Crippen LogP contribution is -2.24. The van der Waals surface area contributed by atoms with Crippen LogP contribution in [0.15, 0.2) is 28.8 Å². The number of carbonyl (C=O) groups excluding carboxylic acids is 1. The fourth-order valence-corrected chi connectivity index (χ4v) is 3.68. The summed E-state index contributed by atoms with van der Waals surface area (Å²) in [6, 6.07) is 8.48. The Bertz CT molecular complexity index is 674. The van der Waals surface area contributed by atoms with Crippen molar-refractivity contribution in [2.75, 3.05) is 18.8 Å². The van der Waals surface area contributed by atoms with Crippen molar-refractivity contribution in [2.45, 2.75) is 46.5 Å². The smallest absolute Gasteiger partial charge is 0.230 e. The van der Waals surface area contributed by atoms with E-state index in [-0.39, 0.29) is 5.91 Å². The molecule has 0 unspecified atom stereocenters. The van der Waals surface area contributed by atoms with Crippen LogP contribution in [0, 0.1) is 13.8 Å². The fraction of sp³-hybridized carbons (Fsp3) is 0.500. The third kappa shape index (κ3) is 6.18. The molecule has 26 heavy (non-hydrogen) atoms. The van der Waals surface area contributed by atoms with E-state index >= 15 is 0 Å². The van der Waals surface area contributed by atoms with Gasteiger partial charge in [0.25, 0.3) is 0 Å². The molecular weight excluding hydrogens is 346 g/mol. The first-order valence-corrected chi connectivity index (χ1v) is 10.2. The van der Waals surface area contributed by atoms with Gasteiger partial charge in [-0.3, -0.25) is 9.69 Å². The quantitative estimate of drug-likeness (QED) is 0.686. The highest BCUT2D eigenvalue weighted by molar-refractivity contribution is 7.99. The Kier molecular flexibility index (Phi) is 8.19. The minimum atomic E-state index is 0.0500. The molecule has 0 radical (unpaired) electrons. The molecule has 0 fully saturated rings. The summed E-state index contributed by atoms with van der Waals surface area (Å²) >= 11 is 1.58. The average molecular weight is 376 g/mol. The first-order chi connectivity index (χ1) is 12.5. The Balaban J connectivity index is 1.71. The van der Waals surface area contributed by atoms with Gasteiger partial charge in [0.05, 0.1) is 11.4 Å². The van der Waals surface area contributed by atoms with Crippen LogP contribution in [0.2, 0.25) is 0 Å². The molecule has 142 valence electrons. The molecule has 0 saturated carbocycles. The average Bonchev–Trinajstić information content (AvgIpc) is 2.97. The summed E-state index contributed by atoms with van der Waals surface area (Å²) in [7, 11) is 0. The molecule has 0 aliphatic heterocycles. The standard InChI is InChI=1S/C20H29N3O2S/c1-5-23(6-2)12-18-9-7-17(8-10-18)11-21-20(24)14-26-13-19-15(3)22-25-16(19)4/h7-10H,5-6,11-14H2,1-4H3,(H,21,24). The third-order valence-electron chi connectivity index (χ3n) is 4.47. The number of amides is 1. The maximum absolute atomic E-state index is 12.0. The molecule has 6 heteroatoms. The number of nitrogens with one attached hydrogen (secondary N) is 1. The van der Waals surface area contributed by atoms with Gasteiger partial charge in [0.15, 0.2) is 0 Å². The molecule has 1 amide bonds. The summed E-state index contributed by atoms with van der Waals surface area (Å²) in [5.74, 6) is 2.06. The molecule has 1 heterocycles. The van der Waals surface area contributed by atoms with Crippen LogP contribution in [-0.2, 0) is 23.6 Å². The van der Waals surface area contributed by atoms with Crippen molar-refractivity contribution in [1.82, 2.24) is 15.4 Å². The largest absolute Gasteiger partial charge is 0.361 e. The minimum Gasteiger partial charge on any atom is -0.361 e. The molecule has 1 N–H and O–H groups in total. The fourth-order valence-electron chi connectivity index (χ4n) is 2.67. The zero-order chi connectivity index (χ0) is 18.9. The van der Waals surface area contributed by atoms with E-state index in [1.54, 1.807) is 11.8 Å². The molecule has 5 nitrogen and oxygen atoms in total. The van der Waals surface area contributed by atoms with Crippen LogP contribution in [-0.4, -0.2) is 34.8 Å². The molecule has 0 atom stereocenters. The molecule has 0 aliphatic rings. The Labute approximate surface area is 160 Å². The lowest BCUT2D eigenvalue weighted by atomic mass is 10.1. The highest BCUT2D eigenvalue weighted by Crippen LogP contribution is 2.19. The molecule has 2 rings (SSSR count). The summed E-state index contributed by atoms with van der Waals surface area (Å²) in [5, 5.41) is 6.92. The van der Waals surface area contributed by atoms with E-state index in [4.69, 9.17) is 4.52 Å². The van der Waals surface area contributed by atoms with Crippen LogP contribution in [0.4, 0.5) is 0 Å². The number of carbonyl (C=O) groups is 1. The second-order valence-corrected chi connectivity index (χ2v) is 7.34. The van der Waals surface area contributed by atoms with E-state index in [1.807, 2.05) is 13.8 Å². The van der Waals surface area contributed by atoms with Gasteiger partial charge < -0.3 is 9.84 Å². The number of benzene rings is 1. The first kappa shape index (κ1) is 20.5. The maximum atomic E-state index is 12.0. The Hall–Kier alpha value is -1.79. The summed E-state index contributed by atoms with van der Waals surface area (Å²) in [5.41, 5.74) is 4.42. The SMILES string of the molecule is CCN(CC)Cc1ccc(CNC(=O)CSCc2c(C)noc2C)cc1. The van der Waals surface area contributed by atoms with Gasteiger partial charge in [-0.1, -0.05) is 43.3 Å². The van der Waals surface area contributed by atoms with Gasteiger partial charge in [-0.25, -0.2) is 0 Å². The van der Waals surface area contributed by atoms with Crippen molar-refractivity contribution in [2.24, 2.45) is 0 Å². The number of aryl methyl sites for hydroxylation is 2. The van der Waals surface area contributed by atoms with Crippen LogP contribution in [0.1, 0.15) is 42.0 Å². The van der Waals surface area contributed by atoms with Gasteiger partial charge in [0, 0.05) is 24.4 Å². The predicted octanol–water partition coefficient (Wildman–Crippen LogP) is 3.68. The maximum Gasteiger partial charge on any atom is 0.230 e. The van der Waals surface area contributed by atoms with Gasteiger partial charge in [0.1, 0.15) is 5.76 Å². The second kappa shape index (κ2) is 10.4. The zero-order valence-corrected chi connectivity index (χ0v) is 17.0. The molecular formula is C20H29N3O2S. The topological polar surface area (TPSA) is 58.4 Å². The van der Waals surface area contributed by atoms with Crippen LogP contribution in [0.5, 0.6) is 0 Å². The van der Waals surface area contributed by atoms with Crippen LogP contribution >= 0.6 is 11.8 Å². The monoisotopic (exact) mass is 375 g/mol. The van der Waals surface area contributed by atoms with Crippen LogP contribution in [0.3, 0.4) is 0 Å². The number of hydrogen-bond donors (Lipinski definition) is 1. The normalized spacial score (nSPS) is 11.1. The summed E-state index contributed by atoms with van der Waals surface area (Å²) < 4.78 is 5.14. The molecule has 1 aromatic heterocycles. The highest BCUT2D eigenvalue weighted by atomic mass is 32.2. The van der Waals surface area contributed by atoms with Crippen molar-refractivity contribution >= 4 is 17.7 Å². The molecule has 0 aliphatic carbocycles. The second-order valence-electron chi connectivity index (χ2n) is 6.35. The summed E-state index contributed by atoms with van der Waals surface area (Å²) in [6.45, 7) is 11.8. The van der Waals surface area contributed by atoms with E-state index < -0.39 is 0 Å². The van der Waals surface area contributed by atoms with Gasteiger partial charge in [-0.05, 0) is 38.1 Å². The van der Waals surface area contributed by atoms with E-state index in [1.165, 1.54) is 5.56 Å². The number of rotatable bonds is 10. The van der Waals surface area contributed by atoms with Crippen molar-refractivity contribution < 1.29 is 9.32 Å². The number of nitrogens with zero attached hydrogens (tertiary/aromatic N) is 2. The van der Waals surface area contributed by atoms with E-state index in [0.29, 0.717) is 12.3 Å². The lowest BCUT2D eigenvalue weighted by molar-refractivity contribution is -0.118. The molecule has 1 aromatic carbocycles. The highest BCUT2D eigenvalue weighted by Gasteiger charge is 2.10. The van der Waals surface area contributed by atoms with Crippen molar-refractivity contribution in [3.63, 3.8) is 0 Å². The van der Waals surface area contributed by atoms with E-state index in [2.05, 4.69) is 53.5 Å². The van der Waals surface area contributed by atoms with Crippen molar-refractivity contribution in [3.8, 4) is 0 Å². The van der Waals surface area contributed by atoms with Gasteiger partial charge >= 0.3 is 0 Å². The number of aromatic nitrogens is 1. The summed E-state index contributed by atoms with van der Waals surface area (Å²) in [4.78, 5) is 14.4. The Morgan fingerprint density at radius 3 is 2.38 bits per heavy atom. The predicted molar refractivity (Wildman–Crippen MR) is 107 cm³/mol. The third-order valence-corrected chi connectivity index (χ3v) is 5.43.